The maximum atomic E-state index is 5.32. The van der Waals surface area contributed by atoms with Crippen molar-refractivity contribution in [3.63, 3.8) is 0 Å². The molecule has 0 aromatic carbocycles. The number of hydrogen-bond donors (Lipinski definition) is 2. The lowest BCUT2D eigenvalue weighted by molar-refractivity contribution is 0.365. The molecule has 66 valence electrons. The van der Waals surface area contributed by atoms with E-state index in [1.54, 1.807) is 0 Å². The molecule has 0 aliphatic carbocycles. The Hall–Kier alpha value is -1.10. The lowest BCUT2D eigenvalue weighted by atomic mass is 10.2. The molecule has 12 heavy (non-hydrogen) atoms. The maximum Gasteiger partial charge on any atom is 0.260 e. The summed E-state index contributed by atoms with van der Waals surface area (Å²) in [7, 11) is 0. The minimum atomic E-state index is 0.225. The number of anilines is 1. The van der Waals surface area contributed by atoms with Crippen LogP contribution in [0.1, 0.15) is 18.7 Å². The summed E-state index contributed by atoms with van der Waals surface area (Å²) >= 11 is 0. The highest BCUT2D eigenvalue weighted by Crippen LogP contribution is 2.10. The Morgan fingerprint density at radius 3 is 3.17 bits per heavy atom. The SMILES string of the molecule is Nc1noc(CC2CCCN2)n1. The van der Waals surface area contributed by atoms with E-state index in [-0.39, 0.29) is 5.95 Å². The van der Waals surface area contributed by atoms with Crippen LogP contribution in [0.5, 0.6) is 0 Å². The number of rotatable bonds is 2. The van der Waals surface area contributed by atoms with Crippen LogP contribution in [0.2, 0.25) is 0 Å². The molecule has 1 aromatic rings. The van der Waals surface area contributed by atoms with Crippen molar-refractivity contribution < 1.29 is 4.52 Å². The average molecular weight is 168 g/mol. The van der Waals surface area contributed by atoms with E-state index in [1.165, 1.54) is 12.8 Å². The van der Waals surface area contributed by atoms with E-state index in [0.717, 1.165) is 13.0 Å². The van der Waals surface area contributed by atoms with Gasteiger partial charge in [0.2, 0.25) is 5.89 Å². The lowest BCUT2D eigenvalue weighted by Gasteiger charge is -2.04. The highest BCUT2D eigenvalue weighted by atomic mass is 16.5. The largest absolute Gasteiger partial charge is 0.365 e. The predicted molar refractivity (Wildman–Crippen MR) is 43.4 cm³/mol. The molecule has 1 unspecified atom stereocenters. The fraction of sp³-hybridized carbons (Fsp3) is 0.714. The van der Waals surface area contributed by atoms with E-state index in [2.05, 4.69) is 15.5 Å². The molecule has 0 spiro atoms. The Labute approximate surface area is 70.3 Å². The normalized spacial score (nSPS) is 23.2. The molecule has 0 radical (unpaired) electrons. The number of aromatic nitrogens is 2. The van der Waals surface area contributed by atoms with Gasteiger partial charge in [-0.25, -0.2) is 0 Å². The van der Waals surface area contributed by atoms with Gasteiger partial charge < -0.3 is 15.6 Å². The van der Waals surface area contributed by atoms with Crippen molar-refractivity contribution in [3.05, 3.63) is 5.89 Å². The second-order valence-electron chi connectivity index (χ2n) is 3.04. The molecule has 5 heteroatoms. The molecule has 2 rings (SSSR count). The summed E-state index contributed by atoms with van der Waals surface area (Å²) in [6.07, 6.45) is 3.21. The second kappa shape index (κ2) is 3.10. The third-order valence-corrected chi connectivity index (χ3v) is 2.07. The summed E-state index contributed by atoms with van der Waals surface area (Å²) in [5.41, 5.74) is 5.32. The van der Waals surface area contributed by atoms with E-state index in [4.69, 9.17) is 10.3 Å². The molecule has 1 atom stereocenters. The molecule has 1 fully saturated rings. The van der Waals surface area contributed by atoms with Gasteiger partial charge in [-0.1, -0.05) is 0 Å². The van der Waals surface area contributed by atoms with Crippen LogP contribution in [0.15, 0.2) is 4.52 Å². The summed E-state index contributed by atoms with van der Waals surface area (Å²) in [5, 5.41) is 6.87. The minimum absolute atomic E-state index is 0.225. The molecule has 3 N–H and O–H groups in total. The van der Waals surface area contributed by atoms with Crippen LogP contribution in [0, 0.1) is 0 Å². The van der Waals surface area contributed by atoms with Crippen molar-refractivity contribution in [3.8, 4) is 0 Å². The molecule has 2 heterocycles. The van der Waals surface area contributed by atoms with Crippen LogP contribution < -0.4 is 11.1 Å². The lowest BCUT2D eigenvalue weighted by Crippen LogP contribution is -2.23. The highest BCUT2D eigenvalue weighted by molar-refractivity contribution is 5.10. The molecule has 1 aliphatic heterocycles. The maximum absolute atomic E-state index is 5.32. The summed E-state index contributed by atoms with van der Waals surface area (Å²) in [6, 6.07) is 0.491. The number of nitrogen functional groups attached to an aromatic ring is 1. The van der Waals surface area contributed by atoms with Gasteiger partial charge in [-0.3, -0.25) is 0 Å². The first kappa shape index (κ1) is 7.54. The number of nitrogens with one attached hydrogen (secondary N) is 1. The Kier molecular flexibility index (Phi) is 1.95. The molecular weight excluding hydrogens is 156 g/mol. The number of hydrogen-bond acceptors (Lipinski definition) is 5. The second-order valence-corrected chi connectivity index (χ2v) is 3.04. The molecule has 0 amide bonds. The summed E-state index contributed by atoms with van der Waals surface area (Å²) in [6.45, 7) is 1.09. The van der Waals surface area contributed by atoms with E-state index >= 15 is 0 Å². The topological polar surface area (TPSA) is 77.0 Å². The Morgan fingerprint density at radius 2 is 2.58 bits per heavy atom. The third kappa shape index (κ3) is 1.55. The Bertz CT molecular complexity index is 254. The smallest absolute Gasteiger partial charge is 0.260 e. The highest BCUT2D eigenvalue weighted by Gasteiger charge is 2.17. The van der Waals surface area contributed by atoms with Crippen LogP contribution >= 0.6 is 0 Å². The molecule has 1 saturated heterocycles. The molecule has 0 saturated carbocycles. The average Bonchev–Trinajstić information content (AvgIpc) is 2.63. The van der Waals surface area contributed by atoms with E-state index < -0.39 is 0 Å². The van der Waals surface area contributed by atoms with Crippen molar-refractivity contribution >= 4 is 5.95 Å². The fourth-order valence-electron chi connectivity index (χ4n) is 1.49. The zero-order chi connectivity index (χ0) is 8.39. The third-order valence-electron chi connectivity index (χ3n) is 2.07. The van der Waals surface area contributed by atoms with Crippen molar-refractivity contribution in [1.29, 1.82) is 0 Å². The molecule has 1 aromatic heterocycles. The van der Waals surface area contributed by atoms with Crippen LogP contribution in [-0.2, 0) is 6.42 Å². The van der Waals surface area contributed by atoms with E-state index in [9.17, 15) is 0 Å². The first-order valence-corrected chi connectivity index (χ1v) is 4.16. The van der Waals surface area contributed by atoms with Crippen molar-refractivity contribution in [2.24, 2.45) is 0 Å². The van der Waals surface area contributed by atoms with Gasteiger partial charge in [0.05, 0.1) is 0 Å². The molecular formula is C7H12N4O. The number of nitrogens with zero attached hydrogens (tertiary/aromatic N) is 2. The molecule has 1 aliphatic rings. The quantitative estimate of drug-likeness (QED) is 0.647. The van der Waals surface area contributed by atoms with Crippen LogP contribution in [0.3, 0.4) is 0 Å². The van der Waals surface area contributed by atoms with Gasteiger partial charge in [-0.15, -0.1) is 0 Å². The monoisotopic (exact) mass is 168 g/mol. The zero-order valence-corrected chi connectivity index (χ0v) is 6.79. The summed E-state index contributed by atoms with van der Waals surface area (Å²) in [4.78, 5) is 3.93. The summed E-state index contributed by atoms with van der Waals surface area (Å²) < 4.78 is 4.90. The van der Waals surface area contributed by atoms with Gasteiger partial charge >= 0.3 is 0 Å². The van der Waals surface area contributed by atoms with Gasteiger partial charge in [0.1, 0.15) is 0 Å². The molecule has 5 nitrogen and oxygen atoms in total. The zero-order valence-electron chi connectivity index (χ0n) is 6.79. The van der Waals surface area contributed by atoms with E-state index in [0.29, 0.717) is 11.9 Å². The van der Waals surface area contributed by atoms with E-state index in [1.807, 2.05) is 0 Å². The number of nitrogens with two attached hydrogens (primary N) is 1. The van der Waals surface area contributed by atoms with Gasteiger partial charge in [0, 0.05) is 12.5 Å². The molecule has 0 bridgehead atoms. The van der Waals surface area contributed by atoms with Gasteiger partial charge in [0.25, 0.3) is 5.95 Å². The van der Waals surface area contributed by atoms with Gasteiger partial charge in [-0.05, 0) is 24.5 Å². The minimum Gasteiger partial charge on any atom is -0.365 e. The van der Waals surface area contributed by atoms with Crippen LogP contribution in [0.4, 0.5) is 5.95 Å². The Balaban J connectivity index is 1.94. The predicted octanol–water partition coefficient (Wildman–Crippen LogP) is -0.0537. The van der Waals surface area contributed by atoms with Crippen LogP contribution in [0.25, 0.3) is 0 Å². The Morgan fingerprint density at radius 1 is 1.67 bits per heavy atom. The fourth-order valence-corrected chi connectivity index (χ4v) is 1.49. The first-order chi connectivity index (χ1) is 5.84. The standard InChI is InChI=1S/C7H12N4O/c8-7-10-6(12-11-7)4-5-2-1-3-9-5/h5,9H,1-4H2,(H2,8,11). The first-order valence-electron chi connectivity index (χ1n) is 4.16. The summed E-state index contributed by atoms with van der Waals surface area (Å²) in [5.74, 6) is 0.856. The van der Waals surface area contributed by atoms with Crippen LogP contribution in [-0.4, -0.2) is 22.7 Å². The van der Waals surface area contributed by atoms with Crippen molar-refractivity contribution in [1.82, 2.24) is 15.5 Å². The van der Waals surface area contributed by atoms with Crippen molar-refractivity contribution in [2.75, 3.05) is 12.3 Å². The van der Waals surface area contributed by atoms with Gasteiger partial charge in [0.15, 0.2) is 0 Å². The van der Waals surface area contributed by atoms with Crippen molar-refractivity contribution in [2.45, 2.75) is 25.3 Å². The van der Waals surface area contributed by atoms with Gasteiger partial charge in [-0.2, -0.15) is 4.98 Å².